The molecule has 1 atom stereocenters. The van der Waals surface area contributed by atoms with Gasteiger partial charge in [0.2, 0.25) is 5.76 Å². The highest BCUT2D eigenvalue weighted by Crippen LogP contribution is 2.39. The van der Waals surface area contributed by atoms with Gasteiger partial charge < -0.3 is 18.8 Å². The van der Waals surface area contributed by atoms with E-state index in [1.165, 1.54) is 0 Å². The number of aryl methyl sites for hydroxylation is 1. The van der Waals surface area contributed by atoms with Gasteiger partial charge in [-0.2, -0.15) is 0 Å². The number of halogens is 1. The summed E-state index contributed by atoms with van der Waals surface area (Å²) in [5.74, 6) is 0.571. The van der Waals surface area contributed by atoms with E-state index in [1.54, 1.807) is 17.0 Å². The average molecular weight is 511 g/mol. The molecular weight excluding hydrogens is 480 g/mol. The lowest BCUT2D eigenvalue weighted by atomic mass is 9.98. The van der Waals surface area contributed by atoms with Crippen molar-refractivity contribution in [2.24, 2.45) is 0 Å². The van der Waals surface area contributed by atoms with E-state index < -0.39 is 6.04 Å². The van der Waals surface area contributed by atoms with Crippen LogP contribution in [0.15, 0.2) is 45.6 Å². The van der Waals surface area contributed by atoms with Gasteiger partial charge in [-0.3, -0.25) is 14.5 Å². The predicted molar refractivity (Wildman–Crippen MR) is 139 cm³/mol. The quantitative estimate of drug-likeness (QED) is 0.433. The summed E-state index contributed by atoms with van der Waals surface area (Å²) >= 11 is 6.34. The molecule has 2 aliphatic rings. The van der Waals surface area contributed by atoms with Crippen molar-refractivity contribution in [3.63, 3.8) is 0 Å². The molecule has 1 aromatic heterocycles. The number of amides is 1. The highest BCUT2D eigenvalue weighted by molar-refractivity contribution is 6.32. The van der Waals surface area contributed by atoms with E-state index in [1.807, 2.05) is 31.2 Å². The Morgan fingerprint density at radius 1 is 1.11 bits per heavy atom. The Kier molecular flexibility index (Phi) is 7.32. The molecule has 3 heterocycles. The van der Waals surface area contributed by atoms with E-state index in [4.69, 9.17) is 25.5 Å². The zero-order chi connectivity index (χ0) is 25.2. The third-order valence-corrected chi connectivity index (χ3v) is 7.28. The number of nitrogens with zero attached hydrogens (tertiary/aromatic N) is 2. The number of carbonyl (C=O) groups is 1. The molecule has 1 amide bonds. The summed E-state index contributed by atoms with van der Waals surface area (Å²) in [5.41, 5.74) is 2.14. The van der Waals surface area contributed by atoms with Gasteiger partial charge in [0.1, 0.15) is 11.3 Å². The summed E-state index contributed by atoms with van der Waals surface area (Å²) in [7, 11) is 0. The third-order valence-electron chi connectivity index (χ3n) is 6.87. The van der Waals surface area contributed by atoms with Gasteiger partial charge in [0.05, 0.1) is 36.8 Å². The summed E-state index contributed by atoms with van der Waals surface area (Å²) in [6.45, 7) is 9.09. The summed E-state index contributed by atoms with van der Waals surface area (Å²) < 4.78 is 17.4. The van der Waals surface area contributed by atoms with Crippen LogP contribution in [0.4, 0.5) is 0 Å². The maximum Gasteiger partial charge on any atom is 0.290 e. The Balaban J connectivity index is 1.55. The SMILES string of the molecule is CCCOc1cccc(C2c3c(oc4cc(C)c(Cl)cc4c3=O)C(=O)N2CCCN2CCOCC2)c1. The van der Waals surface area contributed by atoms with Crippen LogP contribution in [0.1, 0.15) is 53.1 Å². The van der Waals surface area contributed by atoms with E-state index in [-0.39, 0.29) is 17.1 Å². The van der Waals surface area contributed by atoms with Crippen molar-refractivity contribution < 1.29 is 18.7 Å². The van der Waals surface area contributed by atoms with Crippen molar-refractivity contribution in [2.45, 2.75) is 32.7 Å². The number of benzene rings is 2. The van der Waals surface area contributed by atoms with E-state index in [0.717, 1.165) is 56.8 Å². The second-order valence-corrected chi connectivity index (χ2v) is 9.81. The van der Waals surface area contributed by atoms with Crippen LogP contribution in [0.2, 0.25) is 5.02 Å². The van der Waals surface area contributed by atoms with Crippen molar-refractivity contribution in [3.05, 3.63) is 74.1 Å². The minimum absolute atomic E-state index is 0.116. The van der Waals surface area contributed by atoms with Gasteiger partial charge in [-0.1, -0.05) is 30.7 Å². The van der Waals surface area contributed by atoms with Crippen LogP contribution >= 0.6 is 11.6 Å². The minimum Gasteiger partial charge on any atom is -0.494 e. The molecule has 0 aliphatic carbocycles. The average Bonchev–Trinajstić information content (AvgIpc) is 3.16. The largest absolute Gasteiger partial charge is 0.494 e. The zero-order valence-electron chi connectivity index (χ0n) is 20.7. The molecule has 0 saturated carbocycles. The van der Waals surface area contributed by atoms with Crippen LogP contribution in [-0.4, -0.2) is 61.7 Å². The molecule has 5 rings (SSSR count). The number of hydrogen-bond acceptors (Lipinski definition) is 6. The topological polar surface area (TPSA) is 72.2 Å². The lowest BCUT2D eigenvalue weighted by molar-refractivity contribution is 0.0353. The zero-order valence-corrected chi connectivity index (χ0v) is 21.5. The summed E-state index contributed by atoms with van der Waals surface area (Å²) in [4.78, 5) is 31.6. The van der Waals surface area contributed by atoms with Gasteiger partial charge in [-0.15, -0.1) is 0 Å². The number of fused-ring (bicyclic) bond motifs is 2. The molecule has 2 aliphatic heterocycles. The second-order valence-electron chi connectivity index (χ2n) is 9.40. The molecule has 1 unspecified atom stereocenters. The first-order chi connectivity index (χ1) is 17.5. The number of ether oxygens (including phenoxy) is 2. The van der Waals surface area contributed by atoms with E-state index in [0.29, 0.717) is 40.5 Å². The molecule has 8 heteroatoms. The fraction of sp³-hybridized carbons (Fsp3) is 0.429. The van der Waals surface area contributed by atoms with E-state index in [9.17, 15) is 9.59 Å². The van der Waals surface area contributed by atoms with Gasteiger partial charge >= 0.3 is 0 Å². The molecule has 7 nitrogen and oxygen atoms in total. The van der Waals surface area contributed by atoms with Gasteiger partial charge in [-0.05, 0) is 55.2 Å². The molecule has 0 radical (unpaired) electrons. The van der Waals surface area contributed by atoms with Gasteiger partial charge in [-0.25, -0.2) is 0 Å². The van der Waals surface area contributed by atoms with Crippen LogP contribution in [0, 0.1) is 6.92 Å². The highest BCUT2D eigenvalue weighted by Gasteiger charge is 2.42. The van der Waals surface area contributed by atoms with Gasteiger partial charge in [0, 0.05) is 31.2 Å². The summed E-state index contributed by atoms with van der Waals surface area (Å²) in [5, 5.41) is 0.878. The lowest BCUT2D eigenvalue weighted by Gasteiger charge is -2.29. The second kappa shape index (κ2) is 10.6. The van der Waals surface area contributed by atoms with Crippen molar-refractivity contribution in [1.29, 1.82) is 0 Å². The monoisotopic (exact) mass is 510 g/mol. The first-order valence-electron chi connectivity index (χ1n) is 12.6. The number of rotatable bonds is 8. The first-order valence-corrected chi connectivity index (χ1v) is 13.0. The fourth-order valence-electron chi connectivity index (χ4n) is 5.00. The molecule has 0 N–H and O–H groups in total. The fourth-order valence-corrected chi connectivity index (χ4v) is 5.17. The van der Waals surface area contributed by atoms with Crippen molar-refractivity contribution in [2.75, 3.05) is 46.0 Å². The Hall–Kier alpha value is -2.87. The van der Waals surface area contributed by atoms with Crippen LogP contribution in [0.5, 0.6) is 5.75 Å². The molecular formula is C28H31ClN2O5. The number of carbonyl (C=O) groups excluding carboxylic acids is 1. The molecule has 1 fully saturated rings. The number of hydrogen-bond donors (Lipinski definition) is 0. The van der Waals surface area contributed by atoms with Gasteiger partial charge in [0.15, 0.2) is 5.43 Å². The van der Waals surface area contributed by atoms with Crippen molar-refractivity contribution >= 4 is 28.5 Å². The van der Waals surface area contributed by atoms with Crippen LogP contribution in [0.3, 0.4) is 0 Å². The standard InChI is InChI=1S/C28H31ClN2O5/c1-3-12-35-20-7-4-6-19(16-20)25-24-26(32)21-17-22(29)18(2)15-23(21)36-27(24)28(33)31(25)9-5-8-30-10-13-34-14-11-30/h4,6-7,15-17,25H,3,5,8-14H2,1-2H3. The van der Waals surface area contributed by atoms with Gasteiger partial charge in [0.25, 0.3) is 5.91 Å². The Morgan fingerprint density at radius 3 is 2.69 bits per heavy atom. The highest BCUT2D eigenvalue weighted by atomic mass is 35.5. The molecule has 36 heavy (non-hydrogen) atoms. The Labute approximate surface area is 215 Å². The van der Waals surface area contributed by atoms with E-state index >= 15 is 0 Å². The van der Waals surface area contributed by atoms with Crippen molar-refractivity contribution in [1.82, 2.24) is 9.80 Å². The first kappa shape index (κ1) is 24.8. The van der Waals surface area contributed by atoms with Crippen LogP contribution in [-0.2, 0) is 4.74 Å². The lowest BCUT2D eigenvalue weighted by Crippen LogP contribution is -2.38. The van der Waals surface area contributed by atoms with Crippen LogP contribution < -0.4 is 10.2 Å². The predicted octanol–water partition coefficient (Wildman–Crippen LogP) is 4.81. The Bertz CT molecular complexity index is 1330. The smallest absolute Gasteiger partial charge is 0.290 e. The maximum atomic E-state index is 13.8. The maximum absolute atomic E-state index is 13.8. The van der Waals surface area contributed by atoms with E-state index in [2.05, 4.69) is 11.8 Å². The normalized spacial score (nSPS) is 18.1. The van der Waals surface area contributed by atoms with Crippen LogP contribution in [0.25, 0.3) is 11.0 Å². The molecule has 2 aromatic carbocycles. The Morgan fingerprint density at radius 2 is 1.92 bits per heavy atom. The molecule has 3 aromatic rings. The molecule has 0 spiro atoms. The molecule has 1 saturated heterocycles. The number of morpholine rings is 1. The summed E-state index contributed by atoms with van der Waals surface area (Å²) in [6, 6.07) is 10.5. The molecule has 0 bridgehead atoms. The minimum atomic E-state index is -0.553. The molecule has 190 valence electrons. The van der Waals surface area contributed by atoms with Crippen molar-refractivity contribution in [3.8, 4) is 5.75 Å². The third kappa shape index (κ3) is 4.75. The summed E-state index contributed by atoms with van der Waals surface area (Å²) in [6.07, 6.45) is 1.67.